The van der Waals surface area contributed by atoms with Gasteiger partial charge in [-0.25, -0.2) is 4.79 Å². The fourth-order valence-electron chi connectivity index (χ4n) is 6.01. The highest BCUT2D eigenvalue weighted by Gasteiger charge is 2.42. The number of hydrogen-bond acceptors (Lipinski definition) is 6. The van der Waals surface area contributed by atoms with Crippen LogP contribution in [0.2, 0.25) is 0 Å². The number of nitrogens with zero attached hydrogens (tertiary/aromatic N) is 3. The zero-order valence-corrected chi connectivity index (χ0v) is 30.8. The van der Waals surface area contributed by atoms with Crippen LogP contribution in [0.15, 0.2) is 108 Å². The van der Waals surface area contributed by atoms with Crippen molar-refractivity contribution < 1.29 is 19.1 Å². The number of ether oxygens (including phenoxy) is 1. The largest absolute Gasteiger partial charge is 0.414 e. The van der Waals surface area contributed by atoms with Gasteiger partial charge >= 0.3 is 6.09 Å². The predicted molar refractivity (Wildman–Crippen MR) is 204 cm³/mol. The Kier molecular flexibility index (Phi) is 15.7. The Morgan fingerprint density at radius 1 is 0.882 bits per heavy atom. The number of carbonyl (C=O) groups excluding carboxylic acids is 3. The summed E-state index contributed by atoms with van der Waals surface area (Å²) in [5, 5.41) is 5.89. The van der Waals surface area contributed by atoms with Gasteiger partial charge in [0, 0.05) is 37.8 Å². The van der Waals surface area contributed by atoms with E-state index in [0.29, 0.717) is 43.6 Å². The molecule has 0 fully saturated rings. The number of benzene rings is 3. The molecule has 0 saturated heterocycles. The monoisotopic (exact) mass is 697 g/mol. The Morgan fingerprint density at radius 3 is 1.92 bits per heavy atom. The number of nitrogens with two attached hydrogens (primary N) is 2. The quantitative estimate of drug-likeness (QED) is 0.0629. The first kappa shape index (κ1) is 40.3. The fourth-order valence-corrected chi connectivity index (χ4v) is 6.01. The van der Waals surface area contributed by atoms with Gasteiger partial charge in [-0.3, -0.25) is 14.6 Å². The van der Waals surface area contributed by atoms with Crippen molar-refractivity contribution in [2.45, 2.75) is 70.0 Å². The van der Waals surface area contributed by atoms with Crippen molar-refractivity contribution in [3.63, 3.8) is 0 Å². The molecule has 6 N–H and O–H groups in total. The van der Waals surface area contributed by atoms with E-state index < -0.39 is 23.6 Å². The molecular formula is C40H55N7O4. The molecule has 0 aromatic heterocycles. The lowest BCUT2D eigenvalue weighted by Gasteiger charge is -2.40. The lowest BCUT2D eigenvalue weighted by Crippen LogP contribution is -2.52. The first-order valence-corrected chi connectivity index (χ1v) is 17.5. The third-order valence-corrected chi connectivity index (χ3v) is 9.14. The standard InChI is InChI=1S/C40H55N7O4/c1-7-33(44-37(49)34(25-18-26-43-38(41)42)45-36(48)30-19-12-9-13-20-30)28-47(6)39(50)51-35(8-2)40(27-29(3)46(4)5,31-21-14-10-15-22-31)32-23-16-11-17-24-32/h8-17,19-24,29,33-34H,7,18,25-28H2,1-6H3,(H,44,49)(H,45,48)(H4,41,42,43)/b35-8-. The van der Waals surface area contributed by atoms with Crippen LogP contribution in [0.5, 0.6) is 0 Å². The van der Waals surface area contributed by atoms with Gasteiger partial charge in [0.1, 0.15) is 11.8 Å². The van der Waals surface area contributed by atoms with E-state index >= 15 is 0 Å². The van der Waals surface area contributed by atoms with Crippen LogP contribution in [0.3, 0.4) is 0 Å². The summed E-state index contributed by atoms with van der Waals surface area (Å²) in [4.78, 5) is 48.2. The van der Waals surface area contributed by atoms with Crippen molar-refractivity contribution in [2.75, 3.05) is 34.2 Å². The van der Waals surface area contributed by atoms with Crippen LogP contribution in [0.1, 0.15) is 67.9 Å². The van der Waals surface area contributed by atoms with E-state index in [0.717, 1.165) is 11.1 Å². The summed E-state index contributed by atoms with van der Waals surface area (Å²) in [7, 11) is 5.74. The van der Waals surface area contributed by atoms with Crippen LogP contribution in [-0.4, -0.2) is 86.0 Å². The maximum absolute atomic E-state index is 13.9. The molecule has 51 heavy (non-hydrogen) atoms. The molecule has 0 heterocycles. The van der Waals surface area contributed by atoms with Crippen LogP contribution < -0.4 is 22.1 Å². The molecule has 0 bridgehead atoms. The van der Waals surface area contributed by atoms with Crippen LogP contribution >= 0.6 is 0 Å². The fraction of sp³-hybridized carbons (Fsp3) is 0.400. The third-order valence-electron chi connectivity index (χ3n) is 9.14. The Bertz CT molecular complexity index is 1550. The number of nitrogens with one attached hydrogen (secondary N) is 2. The Hall–Kier alpha value is -5.16. The molecule has 11 nitrogen and oxygen atoms in total. The first-order chi connectivity index (χ1) is 24.4. The van der Waals surface area contributed by atoms with Gasteiger partial charge in [0.2, 0.25) is 5.91 Å². The molecule has 3 amide bonds. The summed E-state index contributed by atoms with van der Waals surface area (Å²) < 4.78 is 6.33. The molecule has 3 aromatic rings. The molecule has 0 saturated carbocycles. The van der Waals surface area contributed by atoms with Gasteiger partial charge in [-0.2, -0.15) is 0 Å². The summed E-state index contributed by atoms with van der Waals surface area (Å²) in [6, 6.07) is 27.8. The van der Waals surface area contributed by atoms with Crippen molar-refractivity contribution in [1.29, 1.82) is 0 Å². The van der Waals surface area contributed by atoms with E-state index in [2.05, 4.69) is 51.7 Å². The number of guanidine groups is 1. The Morgan fingerprint density at radius 2 is 1.43 bits per heavy atom. The molecule has 3 atom stereocenters. The second-order valence-corrected chi connectivity index (χ2v) is 13.0. The van der Waals surface area contributed by atoms with Gasteiger partial charge in [0.25, 0.3) is 5.91 Å². The molecule has 3 rings (SSSR count). The van der Waals surface area contributed by atoms with E-state index in [4.69, 9.17) is 16.2 Å². The first-order valence-electron chi connectivity index (χ1n) is 17.5. The van der Waals surface area contributed by atoms with Gasteiger partial charge in [-0.05, 0) is 83.0 Å². The molecule has 11 heteroatoms. The normalized spacial score (nSPS) is 13.4. The van der Waals surface area contributed by atoms with Gasteiger partial charge in [0.05, 0.1) is 5.41 Å². The second-order valence-electron chi connectivity index (χ2n) is 13.0. The zero-order chi connectivity index (χ0) is 37.4. The maximum atomic E-state index is 13.9. The maximum Gasteiger partial charge on any atom is 0.414 e. The number of allylic oxidation sites excluding steroid dienone is 2. The van der Waals surface area contributed by atoms with Gasteiger partial charge in [0.15, 0.2) is 5.96 Å². The molecule has 0 spiro atoms. The van der Waals surface area contributed by atoms with E-state index in [9.17, 15) is 14.4 Å². The average molecular weight is 698 g/mol. The van der Waals surface area contributed by atoms with E-state index in [1.165, 1.54) is 4.90 Å². The number of amides is 3. The molecule has 274 valence electrons. The van der Waals surface area contributed by atoms with Crippen molar-refractivity contribution in [3.05, 3.63) is 120 Å². The van der Waals surface area contributed by atoms with E-state index in [-0.39, 0.29) is 30.4 Å². The SMILES string of the molecule is C/C=C(\OC(=O)N(C)CC(CC)NC(=O)C(CCCN=C(N)N)NC(=O)c1ccccc1)C(CC(C)N(C)C)(c1ccccc1)c1ccccc1. The summed E-state index contributed by atoms with van der Waals surface area (Å²) in [6.45, 7) is 6.47. The highest BCUT2D eigenvalue weighted by Crippen LogP contribution is 2.44. The lowest BCUT2D eigenvalue weighted by molar-refractivity contribution is -0.124. The number of rotatable bonds is 18. The second kappa shape index (κ2) is 19.9. The van der Waals surface area contributed by atoms with Crippen LogP contribution in [0, 0.1) is 0 Å². The summed E-state index contributed by atoms with van der Waals surface area (Å²) in [5.74, 6) is -0.249. The van der Waals surface area contributed by atoms with E-state index in [1.807, 2.05) is 76.5 Å². The molecular weight excluding hydrogens is 642 g/mol. The van der Waals surface area contributed by atoms with E-state index in [1.54, 1.807) is 31.3 Å². The van der Waals surface area contributed by atoms with Crippen LogP contribution in [0.25, 0.3) is 0 Å². The van der Waals surface area contributed by atoms with Gasteiger partial charge in [-0.15, -0.1) is 0 Å². The summed E-state index contributed by atoms with van der Waals surface area (Å²) in [5.41, 5.74) is 12.6. The van der Waals surface area contributed by atoms with Crippen molar-refractivity contribution in [1.82, 2.24) is 20.4 Å². The highest BCUT2D eigenvalue weighted by atomic mass is 16.6. The number of carbonyl (C=O) groups is 3. The Labute approximate surface area is 303 Å². The summed E-state index contributed by atoms with van der Waals surface area (Å²) >= 11 is 0. The zero-order valence-electron chi connectivity index (χ0n) is 30.8. The highest BCUT2D eigenvalue weighted by molar-refractivity contribution is 5.97. The molecule has 3 aromatic carbocycles. The van der Waals surface area contributed by atoms with Crippen molar-refractivity contribution in [3.8, 4) is 0 Å². The minimum Gasteiger partial charge on any atom is -0.414 e. The molecule has 0 aliphatic carbocycles. The smallest absolute Gasteiger partial charge is 0.414 e. The predicted octanol–water partition coefficient (Wildman–Crippen LogP) is 5.03. The van der Waals surface area contributed by atoms with Gasteiger partial charge < -0.3 is 36.6 Å². The Balaban J connectivity index is 1.83. The molecule has 0 radical (unpaired) electrons. The number of aliphatic imine (C=N–C) groups is 1. The lowest BCUT2D eigenvalue weighted by atomic mass is 9.68. The minimum absolute atomic E-state index is 0.0386. The molecule has 0 aliphatic heterocycles. The average Bonchev–Trinajstić information content (AvgIpc) is 3.14. The van der Waals surface area contributed by atoms with Crippen molar-refractivity contribution >= 4 is 23.9 Å². The van der Waals surface area contributed by atoms with Crippen LogP contribution in [0.4, 0.5) is 4.79 Å². The van der Waals surface area contributed by atoms with Crippen LogP contribution in [-0.2, 0) is 14.9 Å². The minimum atomic E-state index is -0.844. The van der Waals surface area contributed by atoms with Crippen molar-refractivity contribution in [2.24, 2.45) is 16.5 Å². The molecule has 3 unspecified atom stereocenters. The summed E-state index contributed by atoms with van der Waals surface area (Å²) in [6.07, 6.45) is 3.29. The third kappa shape index (κ3) is 11.4. The van der Waals surface area contributed by atoms with Gasteiger partial charge in [-0.1, -0.05) is 85.8 Å². The molecule has 0 aliphatic rings. The number of hydrogen-bond donors (Lipinski definition) is 4. The number of likely N-dealkylation sites (N-methyl/N-ethyl adjacent to an activating group) is 1. The topological polar surface area (TPSA) is 155 Å².